The molecule has 0 unspecified atom stereocenters. The normalized spacial score (nSPS) is 14.9. The van der Waals surface area contributed by atoms with Gasteiger partial charge in [0.2, 0.25) is 0 Å². The summed E-state index contributed by atoms with van der Waals surface area (Å²) in [6.07, 6.45) is -1.34. The molecule has 8 heteroatoms. The Labute approximate surface area is 158 Å². The number of rotatable bonds is 11. The van der Waals surface area contributed by atoms with E-state index in [1.54, 1.807) is 0 Å². The van der Waals surface area contributed by atoms with Crippen molar-refractivity contribution in [3.63, 3.8) is 0 Å². The molecule has 1 saturated carbocycles. The van der Waals surface area contributed by atoms with Crippen molar-refractivity contribution >= 4 is 5.96 Å². The van der Waals surface area contributed by atoms with Crippen molar-refractivity contribution in [2.24, 2.45) is 10.9 Å². The molecule has 0 spiro atoms. The summed E-state index contributed by atoms with van der Waals surface area (Å²) in [5.41, 5.74) is 1.00. The molecule has 0 aromatic heterocycles. The number of benzene rings is 1. The SMILES string of the molecule is CCNC(=NCc1ccccc1OCC1CC1)NCCCOCC(F)(F)F. The van der Waals surface area contributed by atoms with Crippen LogP contribution in [0.3, 0.4) is 0 Å². The summed E-state index contributed by atoms with van der Waals surface area (Å²) < 4.78 is 46.5. The minimum absolute atomic E-state index is 0.0454. The van der Waals surface area contributed by atoms with Gasteiger partial charge in [0, 0.05) is 25.3 Å². The maximum Gasteiger partial charge on any atom is 0.411 e. The summed E-state index contributed by atoms with van der Waals surface area (Å²) in [6.45, 7) is 3.16. The number of para-hydroxylation sites is 1. The second-order valence-corrected chi connectivity index (χ2v) is 6.51. The Morgan fingerprint density at radius 1 is 1.22 bits per heavy atom. The summed E-state index contributed by atoms with van der Waals surface area (Å²) in [4.78, 5) is 4.54. The predicted molar refractivity (Wildman–Crippen MR) is 99.0 cm³/mol. The first kappa shape index (κ1) is 21.3. The number of hydrogen-bond acceptors (Lipinski definition) is 3. The second-order valence-electron chi connectivity index (χ2n) is 6.51. The predicted octanol–water partition coefficient (Wildman–Crippen LogP) is 3.50. The van der Waals surface area contributed by atoms with E-state index >= 15 is 0 Å². The fourth-order valence-electron chi connectivity index (χ4n) is 2.34. The molecule has 1 aromatic rings. The van der Waals surface area contributed by atoms with Crippen molar-refractivity contribution in [3.05, 3.63) is 29.8 Å². The third-order valence-corrected chi connectivity index (χ3v) is 3.92. The van der Waals surface area contributed by atoms with E-state index in [1.165, 1.54) is 12.8 Å². The Bertz CT molecular complexity index is 590. The van der Waals surface area contributed by atoms with Crippen LogP contribution in [0, 0.1) is 5.92 Å². The van der Waals surface area contributed by atoms with Gasteiger partial charge in [0.25, 0.3) is 0 Å². The lowest BCUT2D eigenvalue weighted by Gasteiger charge is -2.13. The lowest BCUT2D eigenvalue weighted by atomic mass is 10.2. The van der Waals surface area contributed by atoms with Gasteiger partial charge in [0.1, 0.15) is 12.4 Å². The van der Waals surface area contributed by atoms with Crippen LogP contribution in [-0.2, 0) is 11.3 Å². The lowest BCUT2D eigenvalue weighted by Crippen LogP contribution is -2.38. The molecule has 1 aliphatic rings. The number of alkyl halides is 3. The van der Waals surface area contributed by atoms with Gasteiger partial charge in [0.05, 0.1) is 13.2 Å². The summed E-state index contributed by atoms with van der Waals surface area (Å²) in [6, 6.07) is 7.83. The van der Waals surface area contributed by atoms with E-state index in [0.717, 1.165) is 17.9 Å². The van der Waals surface area contributed by atoms with Crippen molar-refractivity contribution in [2.45, 2.75) is 38.9 Å². The van der Waals surface area contributed by atoms with Crippen LogP contribution in [-0.4, -0.2) is 45.0 Å². The smallest absolute Gasteiger partial charge is 0.411 e. The molecule has 0 saturated heterocycles. The van der Waals surface area contributed by atoms with Crippen molar-refractivity contribution < 1.29 is 22.6 Å². The van der Waals surface area contributed by atoms with Gasteiger partial charge in [-0.25, -0.2) is 4.99 Å². The van der Waals surface area contributed by atoms with Crippen LogP contribution >= 0.6 is 0 Å². The Kier molecular flexibility index (Phi) is 8.71. The van der Waals surface area contributed by atoms with E-state index in [2.05, 4.69) is 20.4 Å². The second kappa shape index (κ2) is 11.0. The zero-order valence-corrected chi connectivity index (χ0v) is 15.6. The van der Waals surface area contributed by atoms with E-state index in [-0.39, 0.29) is 6.61 Å². The molecule has 2 N–H and O–H groups in total. The lowest BCUT2D eigenvalue weighted by molar-refractivity contribution is -0.173. The maximum atomic E-state index is 12.0. The van der Waals surface area contributed by atoms with Gasteiger partial charge < -0.3 is 20.1 Å². The Morgan fingerprint density at radius 3 is 2.70 bits per heavy atom. The van der Waals surface area contributed by atoms with Crippen LogP contribution in [0.2, 0.25) is 0 Å². The van der Waals surface area contributed by atoms with Crippen LogP contribution in [0.1, 0.15) is 31.7 Å². The molecule has 0 radical (unpaired) electrons. The average molecular weight is 387 g/mol. The number of nitrogens with zero attached hydrogens (tertiary/aromatic N) is 1. The summed E-state index contributed by atoms with van der Waals surface area (Å²) in [7, 11) is 0. The molecule has 2 rings (SSSR count). The fraction of sp³-hybridized carbons (Fsp3) is 0.632. The molecule has 1 fully saturated rings. The molecular formula is C19H28F3N3O2. The summed E-state index contributed by atoms with van der Waals surface area (Å²) >= 11 is 0. The highest BCUT2D eigenvalue weighted by molar-refractivity contribution is 5.79. The maximum absolute atomic E-state index is 12.0. The zero-order chi connectivity index (χ0) is 19.5. The topological polar surface area (TPSA) is 54.9 Å². The van der Waals surface area contributed by atoms with Gasteiger partial charge in [-0.2, -0.15) is 13.2 Å². The first-order chi connectivity index (χ1) is 13.0. The summed E-state index contributed by atoms with van der Waals surface area (Å²) in [5.74, 6) is 2.15. The molecule has 1 aromatic carbocycles. The molecule has 0 aliphatic heterocycles. The fourth-order valence-corrected chi connectivity index (χ4v) is 2.34. The van der Waals surface area contributed by atoms with E-state index in [4.69, 9.17) is 4.74 Å². The van der Waals surface area contributed by atoms with Gasteiger partial charge in [-0.1, -0.05) is 18.2 Å². The van der Waals surface area contributed by atoms with Crippen LogP contribution in [0.4, 0.5) is 13.2 Å². The van der Waals surface area contributed by atoms with Crippen LogP contribution in [0.15, 0.2) is 29.3 Å². The number of guanidine groups is 1. The molecule has 0 atom stereocenters. The zero-order valence-electron chi connectivity index (χ0n) is 15.6. The number of hydrogen-bond donors (Lipinski definition) is 2. The molecule has 27 heavy (non-hydrogen) atoms. The largest absolute Gasteiger partial charge is 0.493 e. The molecule has 1 aliphatic carbocycles. The number of halogens is 3. The van der Waals surface area contributed by atoms with Crippen molar-refractivity contribution in [1.29, 1.82) is 0 Å². The van der Waals surface area contributed by atoms with Gasteiger partial charge in [-0.15, -0.1) is 0 Å². The quantitative estimate of drug-likeness (QED) is 0.347. The van der Waals surface area contributed by atoms with Crippen molar-refractivity contribution in [3.8, 4) is 5.75 Å². The van der Waals surface area contributed by atoms with Gasteiger partial charge in [-0.05, 0) is 38.2 Å². The molecule has 0 amide bonds. The minimum atomic E-state index is -4.28. The molecular weight excluding hydrogens is 359 g/mol. The molecule has 5 nitrogen and oxygen atoms in total. The Hall–Kier alpha value is -1.96. The van der Waals surface area contributed by atoms with Crippen molar-refractivity contribution in [1.82, 2.24) is 10.6 Å². The average Bonchev–Trinajstić information content (AvgIpc) is 3.45. The Balaban J connectivity index is 1.77. The third-order valence-electron chi connectivity index (χ3n) is 3.92. The third kappa shape index (κ3) is 9.51. The van der Waals surface area contributed by atoms with Gasteiger partial charge in [0.15, 0.2) is 5.96 Å². The Morgan fingerprint density at radius 2 is 2.00 bits per heavy atom. The highest BCUT2D eigenvalue weighted by Gasteiger charge is 2.27. The molecule has 0 heterocycles. The number of aliphatic imine (C=N–C) groups is 1. The van der Waals surface area contributed by atoms with Crippen LogP contribution in [0.25, 0.3) is 0 Å². The number of ether oxygens (including phenoxy) is 2. The highest BCUT2D eigenvalue weighted by atomic mass is 19.4. The molecule has 152 valence electrons. The van der Waals surface area contributed by atoms with E-state index in [0.29, 0.717) is 37.9 Å². The van der Waals surface area contributed by atoms with Crippen LogP contribution in [0.5, 0.6) is 5.75 Å². The first-order valence-electron chi connectivity index (χ1n) is 9.35. The van der Waals surface area contributed by atoms with Gasteiger partial charge >= 0.3 is 6.18 Å². The van der Waals surface area contributed by atoms with Gasteiger partial charge in [-0.3, -0.25) is 0 Å². The monoisotopic (exact) mass is 387 g/mol. The minimum Gasteiger partial charge on any atom is -0.493 e. The van der Waals surface area contributed by atoms with Crippen LogP contribution < -0.4 is 15.4 Å². The van der Waals surface area contributed by atoms with Crippen molar-refractivity contribution in [2.75, 3.05) is 32.9 Å². The van der Waals surface area contributed by atoms with E-state index < -0.39 is 12.8 Å². The summed E-state index contributed by atoms with van der Waals surface area (Å²) in [5, 5.41) is 6.23. The van der Waals surface area contributed by atoms with E-state index in [1.807, 2.05) is 31.2 Å². The standard InChI is InChI=1S/C19H28F3N3O2/c1-2-23-18(24-10-5-11-26-14-19(20,21)22)25-12-16-6-3-4-7-17(16)27-13-15-8-9-15/h3-4,6-7,15H,2,5,8-14H2,1H3,(H2,23,24,25). The highest BCUT2D eigenvalue weighted by Crippen LogP contribution is 2.30. The molecule has 0 bridgehead atoms. The van der Waals surface area contributed by atoms with E-state index in [9.17, 15) is 13.2 Å². The first-order valence-corrected chi connectivity index (χ1v) is 9.35. The number of nitrogens with one attached hydrogen (secondary N) is 2.